The van der Waals surface area contributed by atoms with E-state index in [9.17, 15) is 4.79 Å². The molecule has 5 heteroatoms. The van der Waals surface area contributed by atoms with E-state index in [1.54, 1.807) is 0 Å². The normalized spacial score (nSPS) is 20.5. The minimum Gasteiger partial charge on any atom is -0.491 e. The zero-order chi connectivity index (χ0) is 19.6. The van der Waals surface area contributed by atoms with Crippen molar-refractivity contribution in [3.63, 3.8) is 0 Å². The minimum absolute atomic E-state index is 0.106. The van der Waals surface area contributed by atoms with Gasteiger partial charge in [-0.1, -0.05) is 26.0 Å². The molecule has 1 aromatic carbocycles. The predicted molar refractivity (Wildman–Crippen MR) is 111 cm³/mol. The Hall–Kier alpha value is -1.75. The number of urea groups is 1. The second kappa shape index (κ2) is 11.2. The smallest absolute Gasteiger partial charge is 0.315 e. The molecule has 152 valence electrons. The van der Waals surface area contributed by atoms with Gasteiger partial charge in [0.25, 0.3) is 0 Å². The van der Waals surface area contributed by atoms with Gasteiger partial charge in [-0.2, -0.15) is 0 Å². The lowest BCUT2D eigenvalue weighted by molar-refractivity contribution is 0.139. The van der Waals surface area contributed by atoms with E-state index in [-0.39, 0.29) is 12.1 Å². The van der Waals surface area contributed by atoms with Crippen LogP contribution in [0.15, 0.2) is 24.3 Å². The molecule has 0 saturated carbocycles. The van der Waals surface area contributed by atoms with Crippen LogP contribution in [0.3, 0.4) is 0 Å². The lowest BCUT2D eigenvalue weighted by atomic mass is 9.92. The summed E-state index contributed by atoms with van der Waals surface area (Å²) in [7, 11) is 0. The molecular weight excluding hydrogens is 338 g/mol. The highest BCUT2D eigenvalue weighted by Crippen LogP contribution is 2.21. The van der Waals surface area contributed by atoms with Crippen LogP contribution in [-0.4, -0.2) is 43.2 Å². The zero-order valence-electron chi connectivity index (χ0n) is 17.5. The number of rotatable bonds is 9. The molecule has 0 aliphatic carbocycles. The number of likely N-dealkylation sites (tertiary alicyclic amines) is 1. The highest BCUT2D eigenvalue weighted by atomic mass is 16.5. The molecule has 27 heavy (non-hydrogen) atoms. The number of nitrogens with one attached hydrogen (secondary N) is 2. The predicted octanol–water partition coefficient (Wildman–Crippen LogP) is 4.03. The van der Waals surface area contributed by atoms with Crippen molar-refractivity contribution in [3.05, 3.63) is 29.8 Å². The van der Waals surface area contributed by atoms with E-state index >= 15 is 0 Å². The summed E-state index contributed by atoms with van der Waals surface area (Å²) in [6, 6.07) is 7.75. The van der Waals surface area contributed by atoms with Crippen molar-refractivity contribution in [2.75, 3.05) is 26.2 Å². The van der Waals surface area contributed by atoms with E-state index in [2.05, 4.69) is 29.4 Å². The van der Waals surface area contributed by atoms with Gasteiger partial charge in [-0.3, -0.25) is 0 Å². The molecule has 1 fully saturated rings. The fourth-order valence-electron chi connectivity index (χ4n) is 3.88. The van der Waals surface area contributed by atoms with Gasteiger partial charge < -0.3 is 20.3 Å². The van der Waals surface area contributed by atoms with Crippen molar-refractivity contribution in [2.24, 2.45) is 11.8 Å². The number of ether oxygens (including phenoxy) is 1. The molecule has 1 saturated heterocycles. The zero-order valence-corrected chi connectivity index (χ0v) is 17.5. The summed E-state index contributed by atoms with van der Waals surface area (Å²) in [6.07, 6.45) is 3.65. The molecule has 1 aliphatic rings. The van der Waals surface area contributed by atoms with E-state index in [0.717, 1.165) is 49.1 Å². The Kier molecular flexibility index (Phi) is 8.92. The third-order valence-corrected chi connectivity index (χ3v) is 4.85. The number of benzene rings is 1. The van der Waals surface area contributed by atoms with Gasteiger partial charge in [0.1, 0.15) is 5.75 Å². The van der Waals surface area contributed by atoms with Gasteiger partial charge in [-0.05, 0) is 69.2 Å². The summed E-state index contributed by atoms with van der Waals surface area (Å²) < 4.78 is 5.68. The van der Waals surface area contributed by atoms with Crippen molar-refractivity contribution in [1.82, 2.24) is 15.5 Å². The lowest BCUT2D eigenvalue weighted by Gasteiger charge is -2.34. The first kappa shape index (κ1) is 21.5. The van der Waals surface area contributed by atoms with Crippen LogP contribution in [0.5, 0.6) is 5.75 Å². The van der Waals surface area contributed by atoms with Crippen molar-refractivity contribution in [3.8, 4) is 5.75 Å². The molecular formula is C22H37N3O2. The van der Waals surface area contributed by atoms with Crippen LogP contribution in [0.25, 0.3) is 0 Å². The number of piperidine rings is 1. The first-order valence-corrected chi connectivity index (χ1v) is 10.4. The van der Waals surface area contributed by atoms with Crippen LogP contribution in [0.4, 0.5) is 4.79 Å². The van der Waals surface area contributed by atoms with Gasteiger partial charge in [0.05, 0.1) is 6.10 Å². The summed E-state index contributed by atoms with van der Waals surface area (Å²) in [4.78, 5) is 14.5. The molecule has 2 atom stereocenters. The Bertz CT molecular complexity index is 566. The molecule has 2 N–H and O–H groups in total. The Morgan fingerprint density at radius 2 is 1.93 bits per heavy atom. The first-order valence-electron chi connectivity index (χ1n) is 10.4. The standard InChI is InChI=1S/C22H37N3O2/c1-17(2)27-21-9-7-8-20(13-21)14-24-22(26)23-10-5-6-11-25-15-18(3)12-19(4)16-25/h7-9,13,17-19H,5-6,10-12,14-16H2,1-4H3,(H2,23,24,26). The molecule has 2 unspecified atom stereocenters. The monoisotopic (exact) mass is 375 g/mol. The molecule has 2 rings (SSSR count). The quantitative estimate of drug-likeness (QED) is 0.641. The highest BCUT2D eigenvalue weighted by molar-refractivity contribution is 5.73. The maximum Gasteiger partial charge on any atom is 0.315 e. The molecule has 1 heterocycles. The van der Waals surface area contributed by atoms with Gasteiger partial charge >= 0.3 is 6.03 Å². The van der Waals surface area contributed by atoms with Gasteiger partial charge in [0.15, 0.2) is 0 Å². The van der Waals surface area contributed by atoms with E-state index in [1.807, 2.05) is 38.1 Å². The van der Waals surface area contributed by atoms with E-state index in [1.165, 1.54) is 19.5 Å². The number of nitrogens with zero attached hydrogens (tertiary/aromatic N) is 1. The Morgan fingerprint density at radius 3 is 2.63 bits per heavy atom. The van der Waals surface area contributed by atoms with Gasteiger partial charge in [0, 0.05) is 26.2 Å². The second-order valence-electron chi connectivity index (χ2n) is 8.34. The fraction of sp³-hybridized carbons (Fsp3) is 0.682. The summed E-state index contributed by atoms with van der Waals surface area (Å²) >= 11 is 0. The van der Waals surface area contributed by atoms with E-state index < -0.39 is 0 Å². The van der Waals surface area contributed by atoms with Crippen molar-refractivity contribution in [2.45, 2.75) is 59.6 Å². The van der Waals surface area contributed by atoms with Crippen LogP contribution < -0.4 is 15.4 Å². The molecule has 1 aromatic rings. The van der Waals surface area contributed by atoms with Crippen molar-refractivity contribution in [1.29, 1.82) is 0 Å². The molecule has 0 spiro atoms. The third kappa shape index (κ3) is 8.65. The SMILES string of the molecule is CC1CC(C)CN(CCCCNC(=O)NCc2cccc(OC(C)C)c2)C1. The average molecular weight is 376 g/mol. The van der Waals surface area contributed by atoms with E-state index in [4.69, 9.17) is 4.74 Å². The minimum atomic E-state index is -0.106. The lowest BCUT2D eigenvalue weighted by Crippen LogP contribution is -2.39. The van der Waals surface area contributed by atoms with Gasteiger partial charge in [-0.25, -0.2) is 4.79 Å². The molecule has 1 aliphatic heterocycles. The molecule has 0 radical (unpaired) electrons. The van der Waals surface area contributed by atoms with Crippen LogP contribution in [0, 0.1) is 11.8 Å². The number of carbonyl (C=O) groups is 1. The molecule has 2 amide bonds. The summed E-state index contributed by atoms with van der Waals surface area (Å²) in [5.74, 6) is 2.45. The van der Waals surface area contributed by atoms with Gasteiger partial charge in [0.2, 0.25) is 0 Å². The van der Waals surface area contributed by atoms with Crippen LogP contribution in [0.2, 0.25) is 0 Å². The molecule has 5 nitrogen and oxygen atoms in total. The third-order valence-electron chi connectivity index (χ3n) is 4.85. The Morgan fingerprint density at radius 1 is 1.19 bits per heavy atom. The topological polar surface area (TPSA) is 53.6 Å². The number of carbonyl (C=O) groups excluding carboxylic acids is 1. The number of unbranched alkanes of at least 4 members (excludes halogenated alkanes) is 1. The highest BCUT2D eigenvalue weighted by Gasteiger charge is 2.20. The summed E-state index contributed by atoms with van der Waals surface area (Å²) in [5.41, 5.74) is 1.04. The second-order valence-corrected chi connectivity index (χ2v) is 8.34. The summed E-state index contributed by atoms with van der Waals surface area (Å²) in [6.45, 7) is 13.5. The van der Waals surface area contributed by atoms with Crippen LogP contribution in [0.1, 0.15) is 52.5 Å². The Labute approximate surface area is 164 Å². The molecule has 0 aromatic heterocycles. The molecule has 0 bridgehead atoms. The number of hydrogen-bond acceptors (Lipinski definition) is 3. The number of hydrogen-bond donors (Lipinski definition) is 2. The average Bonchev–Trinajstić information content (AvgIpc) is 2.58. The van der Waals surface area contributed by atoms with Gasteiger partial charge in [-0.15, -0.1) is 0 Å². The van der Waals surface area contributed by atoms with Crippen LogP contribution in [-0.2, 0) is 6.54 Å². The maximum absolute atomic E-state index is 12.0. The number of amides is 2. The Balaban J connectivity index is 1.57. The van der Waals surface area contributed by atoms with Crippen molar-refractivity contribution >= 4 is 6.03 Å². The van der Waals surface area contributed by atoms with Crippen molar-refractivity contribution < 1.29 is 9.53 Å². The fourth-order valence-corrected chi connectivity index (χ4v) is 3.88. The maximum atomic E-state index is 12.0. The van der Waals surface area contributed by atoms with Crippen LogP contribution >= 0.6 is 0 Å². The largest absolute Gasteiger partial charge is 0.491 e. The summed E-state index contributed by atoms with van der Waals surface area (Å²) in [5, 5.41) is 5.87. The first-order chi connectivity index (χ1) is 12.9. The van der Waals surface area contributed by atoms with E-state index in [0.29, 0.717) is 6.54 Å².